The van der Waals surface area contributed by atoms with Gasteiger partial charge in [-0.15, -0.1) is 0 Å². The molecule has 1 N–H and O–H groups in total. The van der Waals surface area contributed by atoms with Gasteiger partial charge in [0.15, 0.2) is 6.10 Å². The first-order chi connectivity index (χ1) is 16.1. The highest BCUT2D eigenvalue weighted by Gasteiger charge is 2.37. The fourth-order valence-electron chi connectivity index (χ4n) is 3.83. The second kappa shape index (κ2) is 11.0. The Kier molecular flexibility index (Phi) is 8.30. The predicted octanol–water partition coefficient (Wildman–Crippen LogP) is 5.70. The van der Waals surface area contributed by atoms with Crippen molar-refractivity contribution in [3.05, 3.63) is 53.1 Å². The number of amides is 1. The highest BCUT2D eigenvalue weighted by atomic mass is 35.5. The zero-order valence-corrected chi connectivity index (χ0v) is 19.6. The quantitative estimate of drug-likeness (QED) is 0.496. The Labute approximate surface area is 201 Å². The summed E-state index contributed by atoms with van der Waals surface area (Å²) >= 11 is 5.80. The lowest BCUT2D eigenvalue weighted by atomic mass is 9.99. The summed E-state index contributed by atoms with van der Waals surface area (Å²) in [5.41, 5.74) is 0.857. The van der Waals surface area contributed by atoms with Crippen LogP contribution in [0.25, 0.3) is 0 Å². The van der Waals surface area contributed by atoms with Crippen molar-refractivity contribution in [1.29, 1.82) is 0 Å². The normalized spacial score (nSPS) is 17.1. The summed E-state index contributed by atoms with van der Waals surface area (Å²) in [6, 6.07) is 10.4. The summed E-state index contributed by atoms with van der Waals surface area (Å²) in [7, 11) is 1.19. The maximum absolute atomic E-state index is 13.2. The van der Waals surface area contributed by atoms with E-state index in [2.05, 4.69) is 17.1 Å². The van der Waals surface area contributed by atoms with Crippen molar-refractivity contribution in [1.82, 2.24) is 0 Å². The number of nitrogens with zero attached hydrogens (tertiary/aromatic N) is 1. The molecule has 1 fully saturated rings. The van der Waals surface area contributed by atoms with E-state index in [0.717, 1.165) is 31.6 Å². The van der Waals surface area contributed by atoms with Crippen LogP contribution in [0.3, 0.4) is 0 Å². The molecule has 1 amide bonds. The Morgan fingerprint density at radius 2 is 1.91 bits per heavy atom. The number of carbonyl (C=O) groups excluding carboxylic acids is 2. The first-order valence-corrected chi connectivity index (χ1v) is 11.2. The zero-order chi connectivity index (χ0) is 24.9. The molecule has 1 aliphatic heterocycles. The number of ether oxygens (including phenoxy) is 2. The Hall–Kier alpha value is -2.94. The molecule has 3 rings (SSSR count). The maximum atomic E-state index is 13.2. The van der Waals surface area contributed by atoms with Gasteiger partial charge in [-0.25, -0.2) is 4.79 Å². The Morgan fingerprint density at radius 1 is 1.21 bits per heavy atom. The van der Waals surface area contributed by atoms with Gasteiger partial charge in [0.2, 0.25) is 0 Å². The van der Waals surface area contributed by atoms with Gasteiger partial charge in [0, 0.05) is 23.8 Å². The van der Waals surface area contributed by atoms with Gasteiger partial charge < -0.3 is 19.7 Å². The highest BCUT2D eigenvalue weighted by molar-refractivity contribution is 6.30. The molecule has 2 aromatic carbocycles. The van der Waals surface area contributed by atoms with Crippen molar-refractivity contribution < 1.29 is 32.2 Å². The van der Waals surface area contributed by atoms with E-state index in [0.29, 0.717) is 10.9 Å². The third-order valence-corrected chi connectivity index (χ3v) is 5.74. The summed E-state index contributed by atoms with van der Waals surface area (Å²) in [6.07, 6.45) is -5.93. The maximum Gasteiger partial charge on any atom is 0.393 e. The van der Waals surface area contributed by atoms with E-state index in [9.17, 15) is 22.8 Å². The van der Waals surface area contributed by atoms with Crippen LogP contribution < -0.4 is 15.0 Å². The number of halogens is 4. The van der Waals surface area contributed by atoms with Crippen LogP contribution in [0.5, 0.6) is 5.75 Å². The molecule has 0 spiro atoms. The van der Waals surface area contributed by atoms with Crippen molar-refractivity contribution in [2.24, 2.45) is 5.92 Å². The van der Waals surface area contributed by atoms with Crippen LogP contribution in [0.1, 0.15) is 36.5 Å². The molecule has 0 aromatic heterocycles. The number of esters is 1. The number of rotatable bonds is 7. The molecule has 1 aliphatic rings. The van der Waals surface area contributed by atoms with Crippen LogP contribution in [0, 0.1) is 5.92 Å². The number of benzene rings is 2. The molecule has 1 saturated heterocycles. The number of anilines is 2. The van der Waals surface area contributed by atoms with E-state index in [1.807, 2.05) is 0 Å². The third-order valence-electron chi connectivity index (χ3n) is 5.49. The SMILES string of the molecule is COC(=O)c1cc(N2CCC[C@@H](C)C2)ccc1NC(=O)[C@H](CC(F)(F)F)Oc1ccc(Cl)cc1. The van der Waals surface area contributed by atoms with Crippen molar-refractivity contribution >= 4 is 34.9 Å². The average molecular weight is 499 g/mol. The molecule has 0 saturated carbocycles. The van der Waals surface area contributed by atoms with Crippen molar-refractivity contribution in [2.45, 2.75) is 38.5 Å². The highest BCUT2D eigenvalue weighted by Crippen LogP contribution is 2.30. The Morgan fingerprint density at radius 3 is 2.53 bits per heavy atom. The molecular formula is C24H26ClF3N2O4. The fourth-order valence-corrected chi connectivity index (χ4v) is 3.96. The summed E-state index contributed by atoms with van der Waals surface area (Å²) in [5, 5.41) is 2.78. The number of nitrogens with one attached hydrogen (secondary N) is 1. The molecule has 0 unspecified atom stereocenters. The molecule has 10 heteroatoms. The molecular weight excluding hydrogens is 473 g/mol. The smallest absolute Gasteiger partial charge is 0.393 e. The van der Waals surface area contributed by atoms with Gasteiger partial charge in [-0.3, -0.25) is 4.79 Å². The topological polar surface area (TPSA) is 67.9 Å². The van der Waals surface area contributed by atoms with E-state index >= 15 is 0 Å². The van der Waals surface area contributed by atoms with Gasteiger partial charge in [0.25, 0.3) is 5.91 Å². The van der Waals surface area contributed by atoms with E-state index < -0.39 is 30.6 Å². The summed E-state index contributed by atoms with van der Waals surface area (Å²) in [6.45, 7) is 3.78. The molecule has 1 heterocycles. The van der Waals surface area contributed by atoms with Crippen LogP contribution in [0.15, 0.2) is 42.5 Å². The first kappa shape index (κ1) is 25.7. The molecule has 34 heavy (non-hydrogen) atoms. The number of hydrogen-bond acceptors (Lipinski definition) is 5. The number of methoxy groups -OCH3 is 1. The second-order valence-electron chi connectivity index (χ2n) is 8.28. The van der Waals surface area contributed by atoms with E-state index in [1.165, 1.54) is 37.4 Å². The van der Waals surface area contributed by atoms with Gasteiger partial charge in [-0.2, -0.15) is 13.2 Å². The van der Waals surface area contributed by atoms with Crippen molar-refractivity contribution in [2.75, 3.05) is 30.4 Å². The predicted molar refractivity (Wildman–Crippen MR) is 124 cm³/mol. The van der Waals surface area contributed by atoms with Crippen molar-refractivity contribution in [3.8, 4) is 5.75 Å². The third kappa shape index (κ3) is 7.03. The first-order valence-electron chi connectivity index (χ1n) is 10.8. The summed E-state index contributed by atoms with van der Waals surface area (Å²) in [4.78, 5) is 27.4. The minimum Gasteiger partial charge on any atom is -0.480 e. The number of carbonyl (C=O) groups is 2. The van der Waals surface area contributed by atoms with E-state index in [4.69, 9.17) is 21.1 Å². The minimum absolute atomic E-state index is 0.0394. The Bertz CT molecular complexity index is 1010. The van der Waals surface area contributed by atoms with Gasteiger partial charge in [-0.05, 0) is 61.2 Å². The molecule has 184 valence electrons. The standard InChI is InChI=1S/C24H26ClF3N2O4/c1-15-4-3-11-30(14-15)17-7-10-20(19(12-17)23(32)33-2)29-22(31)21(13-24(26,27)28)34-18-8-5-16(25)6-9-18/h5-10,12,15,21H,3-4,11,13-14H2,1-2H3,(H,29,31)/t15-,21+/m1/s1. The fraction of sp³-hybridized carbons (Fsp3) is 0.417. The van der Waals surface area contributed by atoms with Crippen LogP contribution in [0.4, 0.5) is 24.5 Å². The molecule has 2 aromatic rings. The summed E-state index contributed by atoms with van der Waals surface area (Å²) in [5.74, 6) is -1.22. The van der Waals surface area contributed by atoms with Crippen LogP contribution in [-0.2, 0) is 9.53 Å². The van der Waals surface area contributed by atoms with Crippen LogP contribution >= 0.6 is 11.6 Å². The van der Waals surface area contributed by atoms with Gasteiger partial charge >= 0.3 is 12.1 Å². The molecule has 0 bridgehead atoms. The number of piperidine rings is 1. The van der Waals surface area contributed by atoms with Crippen LogP contribution in [0.2, 0.25) is 5.02 Å². The molecule has 6 nitrogen and oxygen atoms in total. The van der Waals surface area contributed by atoms with E-state index in [1.54, 1.807) is 12.1 Å². The van der Waals surface area contributed by atoms with E-state index in [-0.39, 0.29) is 17.0 Å². The molecule has 0 aliphatic carbocycles. The van der Waals surface area contributed by atoms with Crippen LogP contribution in [-0.4, -0.2) is 44.4 Å². The minimum atomic E-state index is -4.66. The summed E-state index contributed by atoms with van der Waals surface area (Å²) < 4.78 is 49.6. The molecule has 2 atom stereocenters. The molecule has 0 radical (unpaired) electrons. The van der Waals surface area contributed by atoms with Gasteiger partial charge in [0.1, 0.15) is 5.75 Å². The van der Waals surface area contributed by atoms with Crippen molar-refractivity contribution in [3.63, 3.8) is 0 Å². The monoisotopic (exact) mass is 498 g/mol. The second-order valence-corrected chi connectivity index (χ2v) is 8.72. The van der Waals surface area contributed by atoms with Gasteiger partial charge in [0.05, 0.1) is 24.8 Å². The lowest BCUT2D eigenvalue weighted by Gasteiger charge is -2.33. The number of hydrogen-bond donors (Lipinski definition) is 1. The Balaban J connectivity index is 1.85. The largest absolute Gasteiger partial charge is 0.480 e. The lowest BCUT2D eigenvalue weighted by molar-refractivity contribution is -0.158. The van der Waals surface area contributed by atoms with Gasteiger partial charge in [-0.1, -0.05) is 18.5 Å². The zero-order valence-electron chi connectivity index (χ0n) is 18.8. The lowest BCUT2D eigenvalue weighted by Crippen LogP contribution is -2.37. The average Bonchev–Trinajstić information content (AvgIpc) is 2.79. The number of alkyl halides is 3.